The van der Waals surface area contributed by atoms with Crippen LogP contribution in [-0.2, 0) is 6.54 Å². The van der Waals surface area contributed by atoms with Crippen LogP contribution in [0.2, 0.25) is 0 Å². The second-order valence-electron chi connectivity index (χ2n) is 3.53. The van der Waals surface area contributed by atoms with Crippen LogP contribution in [0.4, 0.5) is 5.69 Å². The molecule has 0 radical (unpaired) electrons. The SMILES string of the molecule is C#CCN(C)C(=O)c1c(N)c(C)nn1CC. The van der Waals surface area contributed by atoms with Crippen LogP contribution in [-0.4, -0.2) is 34.2 Å². The van der Waals surface area contributed by atoms with Gasteiger partial charge in [-0.15, -0.1) is 6.42 Å². The van der Waals surface area contributed by atoms with E-state index < -0.39 is 0 Å². The Kier molecular flexibility index (Phi) is 3.56. The highest BCUT2D eigenvalue weighted by atomic mass is 16.2. The van der Waals surface area contributed by atoms with Crippen molar-refractivity contribution in [3.63, 3.8) is 0 Å². The van der Waals surface area contributed by atoms with E-state index in [2.05, 4.69) is 11.0 Å². The summed E-state index contributed by atoms with van der Waals surface area (Å²) in [6.07, 6.45) is 5.16. The van der Waals surface area contributed by atoms with Crippen LogP contribution < -0.4 is 5.73 Å². The van der Waals surface area contributed by atoms with Crippen LogP contribution in [0.25, 0.3) is 0 Å². The zero-order valence-electron chi connectivity index (χ0n) is 9.82. The Bertz CT molecular complexity index is 442. The van der Waals surface area contributed by atoms with Crippen LogP contribution in [0.3, 0.4) is 0 Å². The first-order chi connectivity index (χ1) is 7.52. The number of anilines is 1. The third-order valence-electron chi connectivity index (χ3n) is 2.35. The molecule has 1 amide bonds. The molecule has 0 atom stereocenters. The van der Waals surface area contributed by atoms with E-state index in [9.17, 15) is 4.79 Å². The van der Waals surface area contributed by atoms with Crippen molar-refractivity contribution in [1.29, 1.82) is 0 Å². The van der Waals surface area contributed by atoms with Crippen LogP contribution >= 0.6 is 0 Å². The number of hydrogen-bond acceptors (Lipinski definition) is 3. The maximum absolute atomic E-state index is 12.0. The molecule has 1 aromatic heterocycles. The summed E-state index contributed by atoms with van der Waals surface area (Å²) in [7, 11) is 1.64. The first-order valence-electron chi connectivity index (χ1n) is 5.04. The summed E-state index contributed by atoms with van der Waals surface area (Å²) in [4.78, 5) is 13.5. The number of carbonyl (C=O) groups excluding carboxylic acids is 1. The van der Waals surface area contributed by atoms with Gasteiger partial charge in [-0.25, -0.2) is 0 Å². The van der Waals surface area contributed by atoms with Gasteiger partial charge >= 0.3 is 0 Å². The third-order valence-corrected chi connectivity index (χ3v) is 2.35. The zero-order chi connectivity index (χ0) is 12.3. The van der Waals surface area contributed by atoms with E-state index in [1.54, 1.807) is 18.7 Å². The van der Waals surface area contributed by atoms with E-state index in [-0.39, 0.29) is 12.5 Å². The molecule has 0 aromatic carbocycles. The molecule has 0 fully saturated rings. The lowest BCUT2D eigenvalue weighted by Gasteiger charge is -2.14. The minimum absolute atomic E-state index is 0.196. The first-order valence-corrected chi connectivity index (χ1v) is 5.04. The Morgan fingerprint density at radius 1 is 1.69 bits per heavy atom. The van der Waals surface area contributed by atoms with Crippen molar-refractivity contribution >= 4 is 11.6 Å². The zero-order valence-corrected chi connectivity index (χ0v) is 9.82. The number of hydrogen-bond donors (Lipinski definition) is 1. The topological polar surface area (TPSA) is 64.2 Å². The average Bonchev–Trinajstić information content (AvgIpc) is 2.54. The average molecular weight is 220 g/mol. The lowest BCUT2D eigenvalue weighted by Crippen LogP contribution is -2.29. The molecule has 0 aliphatic carbocycles. The van der Waals surface area contributed by atoms with E-state index >= 15 is 0 Å². The van der Waals surface area contributed by atoms with Crippen molar-refractivity contribution in [3.8, 4) is 12.3 Å². The van der Waals surface area contributed by atoms with Gasteiger partial charge in [0.2, 0.25) is 0 Å². The van der Waals surface area contributed by atoms with E-state index in [1.165, 1.54) is 4.90 Å². The van der Waals surface area contributed by atoms with Crippen molar-refractivity contribution < 1.29 is 4.79 Å². The number of amides is 1. The molecule has 1 heterocycles. The van der Waals surface area contributed by atoms with Gasteiger partial charge in [0.15, 0.2) is 0 Å². The summed E-state index contributed by atoms with van der Waals surface area (Å²) in [6, 6.07) is 0. The predicted molar refractivity (Wildman–Crippen MR) is 62.8 cm³/mol. The molecule has 86 valence electrons. The van der Waals surface area contributed by atoms with E-state index in [1.807, 2.05) is 6.92 Å². The summed E-state index contributed by atoms with van der Waals surface area (Å²) in [5, 5.41) is 4.18. The minimum atomic E-state index is -0.196. The number of aryl methyl sites for hydroxylation is 2. The second kappa shape index (κ2) is 4.71. The molecule has 5 nitrogen and oxygen atoms in total. The Hall–Kier alpha value is -1.96. The van der Waals surface area contributed by atoms with Gasteiger partial charge in [0, 0.05) is 13.6 Å². The van der Waals surface area contributed by atoms with Crippen molar-refractivity contribution in [1.82, 2.24) is 14.7 Å². The quantitative estimate of drug-likeness (QED) is 0.754. The van der Waals surface area contributed by atoms with Gasteiger partial charge in [-0.05, 0) is 13.8 Å². The van der Waals surface area contributed by atoms with Crippen molar-refractivity contribution in [2.75, 3.05) is 19.3 Å². The number of carbonyl (C=O) groups is 1. The van der Waals surface area contributed by atoms with E-state index in [4.69, 9.17) is 12.2 Å². The molecule has 0 aliphatic heterocycles. The summed E-state index contributed by atoms with van der Waals surface area (Å²) < 4.78 is 1.60. The number of nitrogens with two attached hydrogens (primary N) is 1. The summed E-state index contributed by atoms with van der Waals surface area (Å²) in [6.45, 7) is 4.54. The molecule has 0 saturated carbocycles. The molecule has 16 heavy (non-hydrogen) atoms. The fourth-order valence-electron chi connectivity index (χ4n) is 1.44. The molecule has 0 spiro atoms. The molecular weight excluding hydrogens is 204 g/mol. The Morgan fingerprint density at radius 2 is 2.31 bits per heavy atom. The highest BCUT2D eigenvalue weighted by Gasteiger charge is 2.21. The number of nitrogens with zero attached hydrogens (tertiary/aromatic N) is 3. The largest absolute Gasteiger partial charge is 0.395 e. The molecular formula is C11H16N4O. The highest BCUT2D eigenvalue weighted by Crippen LogP contribution is 2.17. The molecule has 0 bridgehead atoms. The van der Waals surface area contributed by atoms with E-state index in [0.717, 1.165) is 0 Å². The maximum Gasteiger partial charge on any atom is 0.274 e. The smallest absolute Gasteiger partial charge is 0.274 e. The van der Waals surface area contributed by atoms with Crippen LogP contribution in [0.15, 0.2) is 0 Å². The lowest BCUT2D eigenvalue weighted by molar-refractivity contribution is 0.0801. The molecule has 5 heteroatoms. The van der Waals surface area contributed by atoms with Crippen LogP contribution in [0.5, 0.6) is 0 Å². The number of terminal acetylenes is 1. The van der Waals surface area contributed by atoms with E-state index in [0.29, 0.717) is 23.6 Å². The number of nitrogen functional groups attached to an aromatic ring is 1. The Balaban J connectivity index is 3.13. The molecule has 0 aliphatic rings. The molecule has 0 unspecified atom stereocenters. The molecule has 2 N–H and O–H groups in total. The number of rotatable bonds is 3. The summed E-state index contributed by atoms with van der Waals surface area (Å²) in [5.41, 5.74) is 7.34. The third kappa shape index (κ3) is 2.01. The monoisotopic (exact) mass is 220 g/mol. The van der Waals surface area contributed by atoms with Crippen LogP contribution in [0, 0.1) is 19.3 Å². The van der Waals surface area contributed by atoms with Gasteiger partial charge in [0.25, 0.3) is 5.91 Å². The van der Waals surface area contributed by atoms with Gasteiger partial charge < -0.3 is 10.6 Å². The molecule has 1 aromatic rings. The lowest BCUT2D eigenvalue weighted by atomic mass is 10.2. The fourth-order valence-corrected chi connectivity index (χ4v) is 1.44. The fraction of sp³-hybridized carbons (Fsp3) is 0.455. The summed E-state index contributed by atoms with van der Waals surface area (Å²) >= 11 is 0. The highest BCUT2D eigenvalue weighted by molar-refractivity contribution is 5.98. The maximum atomic E-state index is 12.0. The van der Waals surface area contributed by atoms with Gasteiger partial charge in [-0.1, -0.05) is 5.92 Å². The predicted octanol–water partition coefficient (Wildman–Crippen LogP) is 0.499. The molecule has 0 saturated heterocycles. The Morgan fingerprint density at radius 3 is 2.81 bits per heavy atom. The standard InChI is InChI=1S/C11H16N4O/c1-5-7-14(4)11(16)10-9(12)8(3)13-15(10)6-2/h1H,6-7,12H2,2-4H3. The minimum Gasteiger partial charge on any atom is -0.395 e. The van der Waals surface area contributed by atoms with Gasteiger partial charge in [0.05, 0.1) is 17.9 Å². The number of aromatic nitrogens is 2. The summed E-state index contributed by atoms with van der Waals surface area (Å²) in [5.74, 6) is 2.22. The normalized spacial score (nSPS) is 9.88. The van der Waals surface area contributed by atoms with Crippen molar-refractivity contribution in [2.45, 2.75) is 20.4 Å². The first kappa shape index (κ1) is 12.1. The van der Waals surface area contributed by atoms with Gasteiger partial charge in [-0.3, -0.25) is 9.48 Å². The van der Waals surface area contributed by atoms with Crippen molar-refractivity contribution in [3.05, 3.63) is 11.4 Å². The van der Waals surface area contributed by atoms with Gasteiger partial charge in [-0.2, -0.15) is 5.10 Å². The van der Waals surface area contributed by atoms with Crippen molar-refractivity contribution in [2.24, 2.45) is 0 Å². The Labute approximate surface area is 95.2 Å². The second-order valence-corrected chi connectivity index (χ2v) is 3.53. The van der Waals surface area contributed by atoms with Gasteiger partial charge in [0.1, 0.15) is 5.69 Å². The van der Waals surface area contributed by atoms with Crippen LogP contribution in [0.1, 0.15) is 23.1 Å². The molecule has 1 rings (SSSR count).